The van der Waals surface area contributed by atoms with Crippen LogP contribution in [0.5, 0.6) is 0 Å². The normalized spacial score (nSPS) is 18.1. The highest BCUT2D eigenvalue weighted by molar-refractivity contribution is 7.93. The van der Waals surface area contributed by atoms with Crippen LogP contribution < -0.4 is 0 Å². The van der Waals surface area contributed by atoms with Crippen molar-refractivity contribution in [3.8, 4) is 0 Å². The second-order valence-corrected chi connectivity index (χ2v) is 7.35. The summed E-state index contributed by atoms with van der Waals surface area (Å²) in [7, 11) is -3.41. The molecule has 1 aliphatic rings. The van der Waals surface area contributed by atoms with E-state index in [0.717, 1.165) is 16.7 Å². The highest BCUT2D eigenvalue weighted by atomic mass is 32.2. The number of hydrogen-bond donors (Lipinski definition) is 1. The van der Waals surface area contributed by atoms with Gasteiger partial charge in [-0.25, -0.2) is 8.42 Å². The molecule has 0 bridgehead atoms. The van der Waals surface area contributed by atoms with E-state index in [2.05, 4.69) is 0 Å². The van der Waals surface area contributed by atoms with Gasteiger partial charge in [-0.3, -0.25) is 0 Å². The highest BCUT2D eigenvalue weighted by Gasteiger charge is 2.55. The van der Waals surface area contributed by atoms with Crippen LogP contribution in [0.4, 0.5) is 0 Å². The summed E-state index contributed by atoms with van der Waals surface area (Å²) >= 11 is 0. The van der Waals surface area contributed by atoms with Crippen LogP contribution in [0.2, 0.25) is 0 Å². The van der Waals surface area contributed by atoms with Crippen molar-refractivity contribution < 1.29 is 13.5 Å². The van der Waals surface area contributed by atoms with Crippen molar-refractivity contribution in [1.29, 1.82) is 0 Å². The van der Waals surface area contributed by atoms with Crippen molar-refractivity contribution in [2.75, 3.05) is 6.61 Å². The molecule has 0 radical (unpaired) electrons. The molecule has 0 aliphatic heterocycles. The van der Waals surface area contributed by atoms with Crippen molar-refractivity contribution in [3.63, 3.8) is 0 Å². The standard InChI is InChI=1S/C13H18O3S/c1-9-6-10(2)12(11(3)7-9)17(15,16)13(8-14)4-5-13/h6-7,14H,4-5,8H2,1-3H3. The first kappa shape index (κ1) is 12.6. The van der Waals surface area contributed by atoms with E-state index in [1.165, 1.54) is 0 Å². The molecule has 0 amide bonds. The largest absolute Gasteiger partial charge is 0.395 e. The molecule has 1 aromatic rings. The number of aliphatic hydroxyl groups is 1. The molecule has 4 heteroatoms. The summed E-state index contributed by atoms with van der Waals surface area (Å²) in [6.45, 7) is 5.32. The summed E-state index contributed by atoms with van der Waals surface area (Å²) in [6.07, 6.45) is 1.14. The molecule has 0 spiro atoms. The topological polar surface area (TPSA) is 54.4 Å². The van der Waals surface area contributed by atoms with Gasteiger partial charge in [0, 0.05) is 0 Å². The maximum Gasteiger partial charge on any atom is 0.186 e. The van der Waals surface area contributed by atoms with Crippen molar-refractivity contribution in [1.82, 2.24) is 0 Å². The van der Waals surface area contributed by atoms with Gasteiger partial charge in [0.15, 0.2) is 9.84 Å². The van der Waals surface area contributed by atoms with Crippen molar-refractivity contribution in [2.24, 2.45) is 0 Å². The lowest BCUT2D eigenvalue weighted by Crippen LogP contribution is -2.28. The second-order valence-electron chi connectivity index (χ2n) is 5.07. The molecule has 0 heterocycles. The Morgan fingerprint density at radius 2 is 1.65 bits per heavy atom. The summed E-state index contributed by atoms with van der Waals surface area (Å²) in [4.78, 5) is 0.412. The van der Waals surface area contributed by atoms with Gasteiger partial charge in [-0.2, -0.15) is 0 Å². The van der Waals surface area contributed by atoms with Crippen molar-refractivity contribution >= 4 is 9.84 Å². The zero-order valence-corrected chi connectivity index (χ0v) is 11.3. The highest BCUT2D eigenvalue weighted by Crippen LogP contribution is 2.47. The summed E-state index contributed by atoms with van der Waals surface area (Å²) in [5.41, 5.74) is 2.62. The predicted octanol–water partition coefficient (Wildman–Crippen LogP) is 1.91. The van der Waals surface area contributed by atoms with Crippen LogP contribution in [0.3, 0.4) is 0 Å². The molecule has 1 fully saturated rings. The van der Waals surface area contributed by atoms with Gasteiger partial charge >= 0.3 is 0 Å². The van der Waals surface area contributed by atoms with Gasteiger partial charge in [0.05, 0.1) is 16.2 Å². The van der Waals surface area contributed by atoms with Crippen LogP contribution in [-0.4, -0.2) is 24.9 Å². The Morgan fingerprint density at radius 3 is 2.00 bits per heavy atom. The molecule has 17 heavy (non-hydrogen) atoms. The number of aliphatic hydroxyl groups excluding tert-OH is 1. The van der Waals surface area contributed by atoms with Gasteiger partial charge in [-0.1, -0.05) is 17.7 Å². The lowest BCUT2D eigenvalue weighted by Gasteiger charge is -2.18. The van der Waals surface area contributed by atoms with E-state index in [1.54, 1.807) is 0 Å². The molecular formula is C13H18O3S. The fourth-order valence-electron chi connectivity index (χ4n) is 2.46. The van der Waals surface area contributed by atoms with Gasteiger partial charge in [-0.05, 0) is 44.7 Å². The monoisotopic (exact) mass is 254 g/mol. The quantitative estimate of drug-likeness (QED) is 0.896. The molecule has 2 rings (SSSR count). The van der Waals surface area contributed by atoms with Crippen molar-refractivity contribution in [3.05, 3.63) is 28.8 Å². The Kier molecular flexibility index (Phi) is 2.83. The van der Waals surface area contributed by atoms with Gasteiger partial charge in [0.1, 0.15) is 0 Å². The van der Waals surface area contributed by atoms with E-state index >= 15 is 0 Å². The summed E-state index contributed by atoms with van der Waals surface area (Å²) in [5.74, 6) is 0. The number of aryl methyl sites for hydroxylation is 3. The van der Waals surface area contributed by atoms with E-state index in [9.17, 15) is 13.5 Å². The molecule has 0 unspecified atom stereocenters. The Balaban J connectivity index is 2.63. The van der Waals surface area contributed by atoms with Gasteiger partial charge < -0.3 is 5.11 Å². The molecule has 3 nitrogen and oxygen atoms in total. The lowest BCUT2D eigenvalue weighted by molar-refractivity contribution is 0.283. The first-order valence-electron chi connectivity index (χ1n) is 5.77. The Morgan fingerprint density at radius 1 is 1.18 bits per heavy atom. The van der Waals surface area contributed by atoms with Gasteiger partial charge in [-0.15, -0.1) is 0 Å². The fourth-order valence-corrected chi connectivity index (χ4v) is 4.67. The van der Waals surface area contributed by atoms with Gasteiger partial charge in [0.2, 0.25) is 0 Å². The third kappa shape index (κ3) is 1.79. The SMILES string of the molecule is Cc1cc(C)c(S(=O)(=O)C2(CO)CC2)c(C)c1. The molecule has 94 valence electrons. The Hall–Kier alpha value is -0.870. The molecule has 1 aromatic carbocycles. The summed E-state index contributed by atoms with van der Waals surface area (Å²) in [6, 6.07) is 3.76. The number of benzene rings is 1. The zero-order valence-electron chi connectivity index (χ0n) is 10.4. The average molecular weight is 254 g/mol. The first-order chi connectivity index (χ1) is 7.84. The van der Waals surface area contributed by atoms with E-state index < -0.39 is 14.6 Å². The molecule has 1 saturated carbocycles. The average Bonchev–Trinajstić information content (AvgIpc) is 2.95. The first-order valence-corrected chi connectivity index (χ1v) is 7.26. The second kappa shape index (κ2) is 3.82. The molecular weight excluding hydrogens is 236 g/mol. The van der Waals surface area contributed by atoms with Crippen LogP contribution in [0.15, 0.2) is 17.0 Å². The third-order valence-electron chi connectivity index (χ3n) is 3.54. The van der Waals surface area contributed by atoms with E-state index in [-0.39, 0.29) is 6.61 Å². The summed E-state index contributed by atoms with van der Waals surface area (Å²) in [5, 5.41) is 9.31. The minimum absolute atomic E-state index is 0.276. The van der Waals surface area contributed by atoms with Crippen LogP contribution in [0.1, 0.15) is 29.5 Å². The number of hydrogen-bond acceptors (Lipinski definition) is 3. The number of sulfone groups is 1. The van der Waals surface area contributed by atoms with Gasteiger partial charge in [0.25, 0.3) is 0 Å². The molecule has 1 N–H and O–H groups in total. The van der Waals surface area contributed by atoms with Crippen LogP contribution in [0.25, 0.3) is 0 Å². The fraction of sp³-hybridized carbons (Fsp3) is 0.538. The third-order valence-corrected chi connectivity index (χ3v) is 6.40. The number of rotatable bonds is 3. The Labute approximate surface area is 102 Å². The molecule has 1 aliphatic carbocycles. The van der Waals surface area contributed by atoms with Crippen LogP contribution >= 0.6 is 0 Å². The van der Waals surface area contributed by atoms with Crippen LogP contribution in [0, 0.1) is 20.8 Å². The Bertz CT molecular complexity index is 531. The maximum absolute atomic E-state index is 12.5. The molecule has 0 atom stereocenters. The maximum atomic E-state index is 12.5. The minimum Gasteiger partial charge on any atom is -0.395 e. The molecule has 0 saturated heterocycles. The smallest absolute Gasteiger partial charge is 0.186 e. The molecule has 0 aromatic heterocycles. The van der Waals surface area contributed by atoms with E-state index in [4.69, 9.17) is 0 Å². The van der Waals surface area contributed by atoms with E-state index in [1.807, 2.05) is 32.9 Å². The zero-order chi connectivity index (χ0) is 12.8. The summed E-state index contributed by atoms with van der Waals surface area (Å²) < 4.78 is 24.2. The van der Waals surface area contributed by atoms with Crippen LogP contribution in [-0.2, 0) is 9.84 Å². The van der Waals surface area contributed by atoms with Crippen molar-refractivity contribution in [2.45, 2.75) is 43.3 Å². The minimum atomic E-state index is -3.41. The lowest BCUT2D eigenvalue weighted by atomic mass is 10.1. The van der Waals surface area contributed by atoms with E-state index in [0.29, 0.717) is 17.7 Å². The predicted molar refractivity (Wildman–Crippen MR) is 66.9 cm³/mol.